The van der Waals surface area contributed by atoms with Gasteiger partial charge >= 0.3 is 0 Å². The first-order valence-corrected chi connectivity index (χ1v) is 12.0. The van der Waals surface area contributed by atoms with Crippen LogP contribution in [0.5, 0.6) is 5.75 Å². The van der Waals surface area contributed by atoms with Crippen molar-refractivity contribution >= 4 is 44.4 Å². The van der Waals surface area contributed by atoms with Gasteiger partial charge in [0.05, 0.1) is 17.3 Å². The summed E-state index contributed by atoms with van der Waals surface area (Å²) < 4.78 is 6.42. The maximum absolute atomic E-state index is 12.6. The second-order valence-corrected chi connectivity index (χ2v) is 9.67. The third-order valence-corrected chi connectivity index (χ3v) is 7.72. The van der Waals surface area contributed by atoms with Crippen LogP contribution < -0.4 is 9.64 Å². The van der Waals surface area contributed by atoms with Crippen molar-refractivity contribution in [1.29, 1.82) is 0 Å². The van der Waals surface area contributed by atoms with E-state index in [1.807, 2.05) is 29.2 Å². The van der Waals surface area contributed by atoms with Crippen molar-refractivity contribution in [3.8, 4) is 5.75 Å². The summed E-state index contributed by atoms with van der Waals surface area (Å²) in [6.45, 7) is 7.48. The molecule has 3 aromatic rings. The quantitative estimate of drug-likeness (QED) is 0.517. The standard InChI is InChI=1S/C23H27N3O2S2/c1-16-4-9-20-22(17(16)2)24-23(30-20)26-13-11-25(12-14-26)21(27)10-15-29-19-7-5-18(28-3)6-8-19/h4-9H,10-15H2,1-3H3. The lowest BCUT2D eigenvalue weighted by molar-refractivity contribution is -0.131. The smallest absolute Gasteiger partial charge is 0.223 e. The molecule has 158 valence electrons. The molecule has 5 nitrogen and oxygen atoms in total. The lowest BCUT2D eigenvalue weighted by Gasteiger charge is -2.34. The molecule has 1 aliphatic rings. The van der Waals surface area contributed by atoms with Crippen LogP contribution in [0.25, 0.3) is 10.2 Å². The third-order valence-electron chi connectivity index (χ3n) is 5.62. The van der Waals surface area contributed by atoms with Gasteiger partial charge in [0.1, 0.15) is 5.75 Å². The molecule has 1 aromatic heterocycles. The predicted molar refractivity (Wildman–Crippen MR) is 126 cm³/mol. The summed E-state index contributed by atoms with van der Waals surface area (Å²) in [6, 6.07) is 12.3. The highest BCUT2D eigenvalue weighted by molar-refractivity contribution is 7.99. The molecule has 0 N–H and O–H groups in total. The van der Waals surface area contributed by atoms with E-state index in [-0.39, 0.29) is 5.91 Å². The molecular weight excluding hydrogens is 414 g/mol. The molecule has 0 spiro atoms. The van der Waals surface area contributed by atoms with Crippen molar-refractivity contribution in [1.82, 2.24) is 9.88 Å². The van der Waals surface area contributed by atoms with Crippen LogP contribution in [0, 0.1) is 13.8 Å². The molecule has 0 saturated carbocycles. The van der Waals surface area contributed by atoms with Crippen molar-refractivity contribution in [2.75, 3.05) is 43.9 Å². The molecule has 1 amide bonds. The van der Waals surface area contributed by atoms with Crippen LogP contribution in [-0.4, -0.2) is 54.8 Å². The van der Waals surface area contributed by atoms with Crippen LogP contribution in [0.3, 0.4) is 0 Å². The Morgan fingerprint density at radius 2 is 1.83 bits per heavy atom. The van der Waals surface area contributed by atoms with E-state index in [9.17, 15) is 4.79 Å². The summed E-state index contributed by atoms with van der Waals surface area (Å²) in [6.07, 6.45) is 0.566. The van der Waals surface area contributed by atoms with Crippen LogP contribution in [0.2, 0.25) is 0 Å². The van der Waals surface area contributed by atoms with Crippen LogP contribution in [-0.2, 0) is 4.79 Å². The monoisotopic (exact) mass is 441 g/mol. The van der Waals surface area contributed by atoms with Gasteiger partial charge in [0.25, 0.3) is 0 Å². The Morgan fingerprint density at radius 3 is 2.53 bits per heavy atom. The maximum atomic E-state index is 12.6. The van der Waals surface area contributed by atoms with Gasteiger partial charge in [0.15, 0.2) is 5.13 Å². The largest absolute Gasteiger partial charge is 0.497 e. The van der Waals surface area contributed by atoms with E-state index in [0.29, 0.717) is 6.42 Å². The average Bonchev–Trinajstić information content (AvgIpc) is 3.22. The minimum Gasteiger partial charge on any atom is -0.497 e. The number of hydrogen-bond donors (Lipinski definition) is 0. The SMILES string of the molecule is COc1ccc(SCCC(=O)N2CCN(c3nc4c(C)c(C)ccc4s3)CC2)cc1. The Labute approximate surface area is 186 Å². The first kappa shape index (κ1) is 21.0. The van der Waals surface area contributed by atoms with Gasteiger partial charge in [0, 0.05) is 43.2 Å². The number of nitrogens with zero attached hydrogens (tertiary/aromatic N) is 3. The van der Waals surface area contributed by atoms with Crippen molar-refractivity contribution in [3.63, 3.8) is 0 Å². The van der Waals surface area contributed by atoms with Crippen LogP contribution in [0.15, 0.2) is 41.3 Å². The number of aromatic nitrogens is 1. The van der Waals surface area contributed by atoms with Gasteiger partial charge in [0.2, 0.25) is 5.91 Å². The van der Waals surface area contributed by atoms with Gasteiger partial charge in [-0.1, -0.05) is 17.4 Å². The average molecular weight is 442 g/mol. The lowest BCUT2D eigenvalue weighted by Crippen LogP contribution is -2.48. The molecule has 30 heavy (non-hydrogen) atoms. The molecule has 1 fully saturated rings. The van der Waals surface area contributed by atoms with Crippen LogP contribution in [0.1, 0.15) is 17.5 Å². The number of piperazine rings is 1. The highest BCUT2D eigenvalue weighted by atomic mass is 32.2. The Hall–Kier alpha value is -2.25. The zero-order valence-corrected chi connectivity index (χ0v) is 19.3. The molecule has 0 bridgehead atoms. The Balaban J connectivity index is 1.27. The molecule has 4 rings (SSSR count). The lowest BCUT2D eigenvalue weighted by atomic mass is 10.1. The first-order chi connectivity index (χ1) is 14.5. The van der Waals surface area contributed by atoms with E-state index in [2.05, 4.69) is 30.9 Å². The fourth-order valence-corrected chi connectivity index (χ4v) is 5.50. The molecule has 0 unspecified atom stereocenters. The molecular formula is C23H27N3O2S2. The predicted octanol–water partition coefficient (Wildman–Crippen LogP) is 4.75. The molecule has 0 radical (unpaired) electrons. The van der Waals surface area contributed by atoms with Gasteiger partial charge in [-0.05, 0) is 55.3 Å². The van der Waals surface area contributed by atoms with Crippen molar-refractivity contribution in [3.05, 3.63) is 47.5 Å². The Morgan fingerprint density at radius 1 is 1.10 bits per heavy atom. The number of carbonyl (C=O) groups excluding carboxylic acids is 1. The summed E-state index contributed by atoms with van der Waals surface area (Å²) in [5, 5.41) is 1.07. The molecule has 0 aliphatic carbocycles. The van der Waals surface area contributed by atoms with E-state index in [4.69, 9.17) is 9.72 Å². The fourth-order valence-electron chi connectivity index (χ4n) is 3.58. The molecule has 1 saturated heterocycles. The van der Waals surface area contributed by atoms with E-state index in [1.165, 1.54) is 15.8 Å². The molecule has 7 heteroatoms. The highest BCUT2D eigenvalue weighted by Gasteiger charge is 2.23. The van der Waals surface area contributed by atoms with Gasteiger partial charge in [-0.2, -0.15) is 0 Å². The number of methoxy groups -OCH3 is 1. The van der Waals surface area contributed by atoms with E-state index >= 15 is 0 Å². The zero-order valence-electron chi connectivity index (χ0n) is 17.7. The number of anilines is 1. The van der Waals surface area contributed by atoms with E-state index < -0.39 is 0 Å². The number of benzene rings is 2. The van der Waals surface area contributed by atoms with Gasteiger partial charge < -0.3 is 14.5 Å². The topological polar surface area (TPSA) is 45.7 Å². The number of rotatable bonds is 6. The number of thiazole rings is 1. The van der Waals surface area contributed by atoms with Gasteiger partial charge in [-0.3, -0.25) is 4.79 Å². The number of fused-ring (bicyclic) bond motifs is 1. The van der Waals surface area contributed by atoms with Crippen LogP contribution >= 0.6 is 23.1 Å². The number of ether oxygens (including phenoxy) is 1. The zero-order chi connectivity index (χ0) is 21.1. The second-order valence-electron chi connectivity index (χ2n) is 7.49. The number of hydrogen-bond acceptors (Lipinski definition) is 6. The minimum absolute atomic E-state index is 0.242. The Bertz CT molecular complexity index is 1020. The minimum atomic E-state index is 0.242. The second kappa shape index (κ2) is 9.27. The normalized spacial score (nSPS) is 14.4. The highest BCUT2D eigenvalue weighted by Crippen LogP contribution is 2.32. The summed E-state index contributed by atoms with van der Waals surface area (Å²) in [5.74, 6) is 1.89. The fraction of sp³-hybridized carbons (Fsp3) is 0.391. The van der Waals surface area contributed by atoms with Crippen molar-refractivity contribution in [2.45, 2.75) is 25.2 Å². The van der Waals surface area contributed by atoms with E-state index in [1.54, 1.807) is 30.2 Å². The third kappa shape index (κ3) is 4.57. The summed E-state index contributed by atoms with van der Waals surface area (Å²) in [4.78, 5) is 23.0. The number of aryl methyl sites for hydroxylation is 2. The van der Waals surface area contributed by atoms with Crippen molar-refractivity contribution < 1.29 is 9.53 Å². The Kier molecular flexibility index (Phi) is 6.49. The van der Waals surface area contributed by atoms with E-state index in [0.717, 1.165) is 53.2 Å². The number of amides is 1. The maximum Gasteiger partial charge on any atom is 0.223 e. The summed E-state index contributed by atoms with van der Waals surface area (Å²) in [7, 11) is 1.67. The van der Waals surface area contributed by atoms with Gasteiger partial charge in [-0.15, -0.1) is 11.8 Å². The van der Waals surface area contributed by atoms with Crippen molar-refractivity contribution in [2.24, 2.45) is 0 Å². The molecule has 2 heterocycles. The summed E-state index contributed by atoms with van der Waals surface area (Å²) in [5.41, 5.74) is 3.66. The number of thioether (sulfide) groups is 1. The molecule has 1 aliphatic heterocycles. The van der Waals surface area contributed by atoms with Gasteiger partial charge in [-0.25, -0.2) is 4.98 Å². The number of carbonyl (C=O) groups is 1. The van der Waals surface area contributed by atoms with Crippen LogP contribution in [0.4, 0.5) is 5.13 Å². The molecule has 2 aromatic carbocycles. The summed E-state index contributed by atoms with van der Waals surface area (Å²) >= 11 is 3.46. The first-order valence-electron chi connectivity index (χ1n) is 10.2. The molecule has 0 atom stereocenters.